The van der Waals surface area contributed by atoms with Gasteiger partial charge in [-0.15, -0.1) is 0 Å². The van der Waals surface area contributed by atoms with E-state index in [-0.39, 0.29) is 10.9 Å². The summed E-state index contributed by atoms with van der Waals surface area (Å²) in [7, 11) is -3.70. The first-order chi connectivity index (χ1) is 9.26. The smallest absolute Gasteiger partial charge is 0.207 e. The predicted molar refractivity (Wildman–Crippen MR) is 68.6 cm³/mol. The van der Waals surface area contributed by atoms with E-state index in [1.165, 1.54) is 4.31 Å². The highest BCUT2D eigenvalue weighted by atomic mass is 32.2. The third kappa shape index (κ3) is 2.83. The average molecular weight is 307 g/mol. The van der Waals surface area contributed by atoms with E-state index >= 15 is 0 Å². The second-order valence-corrected chi connectivity index (χ2v) is 6.73. The molecule has 0 radical (unpaired) electrons. The van der Waals surface area contributed by atoms with E-state index in [2.05, 4.69) is 0 Å². The maximum atomic E-state index is 12.5. The van der Waals surface area contributed by atoms with Crippen molar-refractivity contribution in [2.75, 3.05) is 6.54 Å². The standard InChI is InChI=1S/C13H16F3NO2S/c1-2-11-4-3-9-17(11)20(18,19)12-7-5-10(6-8-12)13(14,15)16/h5-8,11H,2-4,9H2,1H3. The summed E-state index contributed by atoms with van der Waals surface area (Å²) in [4.78, 5) is -0.0779. The first kappa shape index (κ1) is 15.3. The van der Waals surface area contributed by atoms with Crippen molar-refractivity contribution in [2.45, 2.75) is 43.3 Å². The van der Waals surface area contributed by atoms with Crippen molar-refractivity contribution < 1.29 is 21.6 Å². The molecule has 0 aromatic heterocycles. The van der Waals surface area contributed by atoms with Crippen molar-refractivity contribution in [3.8, 4) is 0 Å². The van der Waals surface area contributed by atoms with Gasteiger partial charge in [0, 0.05) is 12.6 Å². The second kappa shape index (κ2) is 5.37. The molecule has 1 atom stereocenters. The van der Waals surface area contributed by atoms with Gasteiger partial charge in [0.25, 0.3) is 0 Å². The van der Waals surface area contributed by atoms with Crippen LogP contribution in [-0.2, 0) is 16.2 Å². The first-order valence-corrected chi connectivity index (χ1v) is 7.90. The Morgan fingerprint density at radius 2 is 1.85 bits per heavy atom. The largest absolute Gasteiger partial charge is 0.416 e. The Kier molecular flexibility index (Phi) is 4.11. The molecule has 1 unspecified atom stereocenters. The van der Waals surface area contributed by atoms with Gasteiger partial charge in [0.1, 0.15) is 0 Å². The molecule has 1 aliphatic heterocycles. The van der Waals surface area contributed by atoms with Gasteiger partial charge in [0.05, 0.1) is 10.5 Å². The fourth-order valence-corrected chi connectivity index (χ4v) is 4.25. The maximum Gasteiger partial charge on any atom is 0.416 e. The van der Waals surface area contributed by atoms with Crippen LogP contribution in [0.1, 0.15) is 31.7 Å². The lowest BCUT2D eigenvalue weighted by molar-refractivity contribution is -0.137. The van der Waals surface area contributed by atoms with Gasteiger partial charge in [0.2, 0.25) is 10.0 Å². The zero-order valence-corrected chi connectivity index (χ0v) is 11.8. The minimum Gasteiger partial charge on any atom is -0.207 e. The van der Waals surface area contributed by atoms with Gasteiger partial charge >= 0.3 is 6.18 Å². The van der Waals surface area contributed by atoms with E-state index in [0.29, 0.717) is 13.0 Å². The summed E-state index contributed by atoms with van der Waals surface area (Å²) in [6.07, 6.45) is -2.16. The molecule has 0 spiro atoms. The predicted octanol–water partition coefficient (Wildman–Crippen LogP) is 3.27. The molecule has 20 heavy (non-hydrogen) atoms. The summed E-state index contributed by atoms with van der Waals surface area (Å²) in [5.74, 6) is 0. The van der Waals surface area contributed by atoms with Gasteiger partial charge < -0.3 is 0 Å². The van der Waals surface area contributed by atoms with Crippen molar-refractivity contribution in [3.05, 3.63) is 29.8 Å². The number of alkyl halides is 3. The zero-order chi connectivity index (χ0) is 15.0. The number of rotatable bonds is 3. The summed E-state index contributed by atoms with van der Waals surface area (Å²) in [5, 5.41) is 0. The fraction of sp³-hybridized carbons (Fsp3) is 0.538. The highest BCUT2D eigenvalue weighted by Gasteiger charge is 2.35. The van der Waals surface area contributed by atoms with E-state index in [1.54, 1.807) is 0 Å². The van der Waals surface area contributed by atoms with Gasteiger partial charge in [-0.2, -0.15) is 17.5 Å². The van der Waals surface area contributed by atoms with Gasteiger partial charge in [-0.25, -0.2) is 8.42 Å². The summed E-state index contributed by atoms with van der Waals surface area (Å²) in [5.41, 5.74) is -0.843. The lowest BCUT2D eigenvalue weighted by Crippen LogP contribution is -2.35. The summed E-state index contributed by atoms with van der Waals surface area (Å²) >= 11 is 0. The highest BCUT2D eigenvalue weighted by molar-refractivity contribution is 7.89. The molecule has 1 heterocycles. The Balaban J connectivity index is 2.31. The molecule has 1 aliphatic rings. The minimum atomic E-state index is -4.46. The molecule has 2 rings (SSSR count). The summed E-state index contributed by atoms with van der Waals surface area (Å²) in [6.45, 7) is 2.34. The van der Waals surface area contributed by atoms with Crippen LogP contribution in [0.4, 0.5) is 13.2 Å². The molecular formula is C13H16F3NO2S. The zero-order valence-electron chi connectivity index (χ0n) is 11.0. The maximum absolute atomic E-state index is 12.5. The van der Waals surface area contributed by atoms with Crippen molar-refractivity contribution in [2.24, 2.45) is 0 Å². The molecule has 0 aliphatic carbocycles. The van der Waals surface area contributed by atoms with Crippen LogP contribution in [0.5, 0.6) is 0 Å². The van der Waals surface area contributed by atoms with Crippen LogP contribution in [0.15, 0.2) is 29.2 Å². The first-order valence-electron chi connectivity index (χ1n) is 6.46. The molecule has 1 aromatic carbocycles. The second-order valence-electron chi connectivity index (χ2n) is 4.84. The molecule has 112 valence electrons. The normalized spacial score (nSPS) is 21.3. The molecule has 0 amide bonds. The number of hydrogen-bond acceptors (Lipinski definition) is 2. The van der Waals surface area contributed by atoms with Crippen LogP contribution in [0.3, 0.4) is 0 Å². The van der Waals surface area contributed by atoms with E-state index in [9.17, 15) is 21.6 Å². The molecule has 3 nitrogen and oxygen atoms in total. The van der Waals surface area contributed by atoms with Crippen molar-refractivity contribution in [3.63, 3.8) is 0 Å². The van der Waals surface area contributed by atoms with Crippen LogP contribution in [0.25, 0.3) is 0 Å². The Morgan fingerprint density at radius 1 is 1.25 bits per heavy atom. The van der Waals surface area contributed by atoms with Gasteiger partial charge in [-0.3, -0.25) is 0 Å². The lowest BCUT2D eigenvalue weighted by atomic mass is 10.2. The van der Waals surface area contributed by atoms with Crippen molar-refractivity contribution >= 4 is 10.0 Å². The van der Waals surface area contributed by atoms with Crippen molar-refractivity contribution in [1.29, 1.82) is 0 Å². The number of nitrogens with zero attached hydrogens (tertiary/aromatic N) is 1. The number of benzene rings is 1. The van der Waals surface area contributed by atoms with Gasteiger partial charge in [-0.05, 0) is 43.5 Å². The quantitative estimate of drug-likeness (QED) is 0.859. The van der Waals surface area contributed by atoms with E-state index in [1.807, 2.05) is 6.92 Å². The van der Waals surface area contributed by atoms with E-state index < -0.39 is 21.8 Å². The molecule has 1 aromatic rings. The summed E-state index contributed by atoms with van der Waals surface area (Å²) in [6, 6.07) is 3.63. The van der Waals surface area contributed by atoms with Crippen LogP contribution in [0.2, 0.25) is 0 Å². The molecule has 1 fully saturated rings. The Bertz CT molecular complexity index is 566. The SMILES string of the molecule is CCC1CCCN1S(=O)(=O)c1ccc(C(F)(F)F)cc1. The van der Waals surface area contributed by atoms with Crippen LogP contribution in [-0.4, -0.2) is 25.3 Å². The fourth-order valence-electron chi connectivity index (χ4n) is 2.48. The van der Waals surface area contributed by atoms with Crippen LogP contribution >= 0.6 is 0 Å². The lowest BCUT2D eigenvalue weighted by Gasteiger charge is -2.23. The molecular weight excluding hydrogens is 291 g/mol. The highest BCUT2D eigenvalue weighted by Crippen LogP contribution is 2.32. The third-order valence-electron chi connectivity index (χ3n) is 3.58. The minimum absolute atomic E-state index is 0.0534. The van der Waals surface area contributed by atoms with Crippen LogP contribution < -0.4 is 0 Å². The van der Waals surface area contributed by atoms with Gasteiger partial charge in [-0.1, -0.05) is 6.92 Å². The molecule has 0 bridgehead atoms. The van der Waals surface area contributed by atoms with Gasteiger partial charge in [0.15, 0.2) is 0 Å². The molecule has 1 saturated heterocycles. The number of sulfonamides is 1. The number of halogens is 3. The molecule has 0 N–H and O–H groups in total. The Hall–Kier alpha value is -1.08. The average Bonchev–Trinajstić information content (AvgIpc) is 2.87. The monoisotopic (exact) mass is 307 g/mol. The number of hydrogen-bond donors (Lipinski definition) is 0. The van der Waals surface area contributed by atoms with E-state index in [0.717, 1.165) is 37.1 Å². The third-order valence-corrected chi connectivity index (χ3v) is 5.55. The van der Waals surface area contributed by atoms with Crippen LogP contribution in [0, 0.1) is 0 Å². The Morgan fingerprint density at radius 3 is 2.35 bits per heavy atom. The molecule has 0 saturated carbocycles. The topological polar surface area (TPSA) is 37.4 Å². The van der Waals surface area contributed by atoms with E-state index in [4.69, 9.17) is 0 Å². The Labute approximate surface area is 116 Å². The van der Waals surface area contributed by atoms with Crippen molar-refractivity contribution in [1.82, 2.24) is 4.31 Å². The molecule has 7 heteroatoms. The summed E-state index contributed by atoms with van der Waals surface area (Å²) < 4.78 is 63.6.